The van der Waals surface area contributed by atoms with Gasteiger partial charge in [-0.3, -0.25) is 4.90 Å². The van der Waals surface area contributed by atoms with Crippen molar-refractivity contribution in [3.63, 3.8) is 0 Å². The summed E-state index contributed by atoms with van der Waals surface area (Å²) in [4.78, 5) is 14.4. The summed E-state index contributed by atoms with van der Waals surface area (Å²) >= 11 is 0. The van der Waals surface area contributed by atoms with Crippen molar-refractivity contribution in [3.8, 4) is 0 Å². The summed E-state index contributed by atoms with van der Waals surface area (Å²) in [5.41, 5.74) is 0.555. The standard InChI is InChI=1S/C16H27N3O3S/c1-12(2)19(13(3)4)11-10-17-16(20)18-14-6-8-15(9-7-14)23(5,21)22/h6-9,12-13H,10-11H2,1-5H3,(H2,17,18,20). The molecule has 0 spiro atoms. The Balaban J connectivity index is 2.48. The zero-order chi connectivity index (χ0) is 17.6. The first-order valence-corrected chi connectivity index (χ1v) is 9.61. The third-order valence-electron chi connectivity index (χ3n) is 3.52. The van der Waals surface area contributed by atoms with Crippen LogP contribution in [-0.2, 0) is 9.84 Å². The number of hydrogen-bond donors (Lipinski definition) is 2. The Morgan fingerprint density at radius 3 is 2.04 bits per heavy atom. The first kappa shape index (κ1) is 19.4. The first-order valence-electron chi connectivity index (χ1n) is 7.72. The second-order valence-electron chi connectivity index (χ2n) is 6.10. The molecule has 23 heavy (non-hydrogen) atoms. The van der Waals surface area contributed by atoms with Gasteiger partial charge in [0.15, 0.2) is 9.84 Å². The van der Waals surface area contributed by atoms with Crippen LogP contribution in [0.15, 0.2) is 29.2 Å². The van der Waals surface area contributed by atoms with Crippen LogP contribution in [0.5, 0.6) is 0 Å². The van der Waals surface area contributed by atoms with Gasteiger partial charge in [0.05, 0.1) is 4.90 Å². The van der Waals surface area contributed by atoms with Crippen molar-refractivity contribution >= 4 is 21.6 Å². The minimum Gasteiger partial charge on any atom is -0.337 e. The monoisotopic (exact) mass is 341 g/mol. The van der Waals surface area contributed by atoms with Crippen molar-refractivity contribution < 1.29 is 13.2 Å². The van der Waals surface area contributed by atoms with E-state index in [1.165, 1.54) is 12.1 Å². The molecule has 0 saturated carbocycles. The Kier molecular flexibility index (Phi) is 7.02. The topological polar surface area (TPSA) is 78.5 Å². The lowest BCUT2D eigenvalue weighted by Gasteiger charge is -2.30. The summed E-state index contributed by atoms with van der Waals surface area (Å²) in [5.74, 6) is 0. The van der Waals surface area contributed by atoms with Gasteiger partial charge >= 0.3 is 6.03 Å². The molecule has 0 aliphatic rings. The summed E-state index contributed by atoms with van der Waals surface area (Å²) in [5, 5.41) is 5.50. The van der Waals surface area contributed by atoms with Gasteiger partial charge in [-0.1, -0.05) is 0 Å². The molecule has 6 nitrogen and oxygen atoms in total. The summed E-state index contributed by atoms with van der Waals surface area (Å²) < 4.78 is 22.8. The van der Waals surface area contributed by atoms with E-state index in [-0.39, 0.29) is 10.9 Å². The van der Waals surface area contributed by atoms with Gasteiger partial charge in [-0.25, -0.2) is 13.2 Å². The molecule has 0 heterocycles. The number of sulfone groups is 1. The van der Waals surface area contributed by atoms with Crippen LogP contribution in [0, 0.1) is 0 Å². The molecule has 0 radical (unpaired) electrons. The number of urea groups is 1. The van der Waals surface area contributed by atoms with E-state index in [1.807, 2.05) is 0 Å². The van der Waals surface area contributed by atoms with Crippen LogP contribution in [0.25, 0.3) is 0 Å². The van der Waals surface area contributed by atoms with E-state index >= 15 is 0 Å². The van der Waals surface area contributed by atoms with Gasteiger partial charge < -0.3 is 10.6 Å². The molecule has 0 unspecified atom stereocenters. The number of carbonyl (C=O) groups is 1. The van der Waals surface area contributed by atoms with Gasteiger partial charge in [-0.05, 0) is 52.0 Å². The van der Waals surface area contributed by atoms with Crippen molar-refractivity contribution in [2.45, 2.75) is 44.7 Å². The molecule has 1 aromatic rings. The largest absolute Gasteiger partial charge is 0.337 e. The number of carbonyl (C=O) groups excluding carboxylic acids is 1. The van der Waals surface area contributed by atoms with Gasteiger partial charge in [0.2, 0.25) is 0 Å². The van der Waals surface area contributed by atoms with E-state index in [2.05, 4.69) is 43.2 Å². The lowest BCUT2D eigenvalue weighted by Crippen LogP contribution is -2.43. The third-order valence-corrected chi connectivity index (χ3v) is 4.65. The quantitative estimate of drug-likeness (QED) is 0.798. The molecule has 0 bridgehead atoms. The van der Waals surface area contributed by atoms with E-state index in [9.17, 15) is 13.2 Å². The Morgan fingerprint density at radius 2 is 1.61 bits per heavy atom. The molecule has 2 N–H and O–H groups in total. The SMILES string of the molecule is CC(C)N(CCNC(=O)Nc1ccc(S(C)(=O)=O)cc1)C(C)C. The lowest BCUT2D eigenvalue weighted by atomic mass is 10.2. The average molecular weight is 341 g/mol. The normalized spacial score (nSPS) is 12.0. The molecule has 7 heteroatoms. The van der Waals surface area contributed by atoms with Gasteiger partial charge in [-0.2, -0.15) is 0 Å². The van der Waals surface area contributed by atoms with E-state index < -0.39 is 9.84 Å². The van der Waals surface area contributed by atoms with Gasteiger partial charge in [0.25, 0.3) is 0 Å². The van der Waals surface area contributed by atoms with Crippen molar-refractivity contribution in [2.24, 2.45) is 0 Å². The molecule has 0 aliphatic carbocycles. The van der Waals surface area contributed by atoms with Crippen LogP contribution in [0.3, 0.4) is 0 Å². The Bertz CT molecular complexity index is 602. The van der Waals surface area contributed by atoms with Gasteiger partial charge in [0.1, 0.15) is 0 Å². The molecule has 1 aromatic carbocycles. The number of anilines is 1. The average Bonchev–Trinajstić information content (AvgIpc) is 2.42. The summed E-state index contributed by atoms with van der Waals surface area (Å²) in [6, 6.07) is 6.64. The molecule has 0 atom stereocenters. The molecule has 2 amide bonds. The van der Waals surface area contributed by atoms with Crippen molar-refractivity contribution in [2.75, 3.05) is 24.7 Å². The predicted molar refractivity (Wildman–Crippen MR) is 93.6 cm³/mol. The Labute approximate surface area is 139 Å². The second-order valence-corrected chi connectivity index (χ2v) is 8.12. The zero-order valence-electron chi connectivity index (χ0n) is 14.5. The predicted octanol–water partition coefficient (Wildman–Crippen LogP) is 2.33. The highest BCUT2D eigenvalue weighted by Gasteiger charge is 2.13. The molecule has 0 aliphatic heterocycles. The fraction of sp³-hybridized carbons (Fsp3) is 0.562. The number of hydrogen-bond acceptors (Lipinski definition) is 4. The minimum absolute atomic E-state index is 0.230. The summed E-state index contributed by atoms with van der Waals surface area (Å²) in [7, 11) is -3.22. The fourth-order valence-electron chi connectivity index (χ4n) is 2.37. The third kappa shape index (κ3) is 6.58. The highest BCUT2D eigenvalue weighted by atomic mass is 32.2. The van der Waals surface area contributed by atoms with E-state index in [4.69, 9.17) is 0 Å². The van der Waals surface area contributed by atoms with Crippen molar-refractivity contribution in [1.29, 1.82) is 0 Å². The highest BCUT2D eigenvalue weighted by Crippen LogP contribution is 2.13. The maximum atomic E-state index is 11.9. The molecular weight excluding hydrogens is 314 g/mol. The van der Waals surface area contributed by atoms with Crippen LogP contribution in [-0.4, -0.2) is 50.8 Å². The summed E-state index contributed by atoms with van der Waals surface area (Å²) in [6.45, 7) is 9.83. The highest BCUT2D eigenvalue weighted by molar-refractivity contribution is 7.90. The van der Waals surface area contributed by atoms with Crippen LogP contribution < -0.4 is 10.6 Å². The number of benzene rings is 1. The van der Waals surface area contributed by atoms with Gasteiger partial charge in [-0.15, -0.1) is 0 Å². The van der Waals surface area contributed by atoms with Crippen molar-refractivity contribution in [1.82, 2.24) is 10.2 Å². The van der Waals surface area contributed by atoms with E-state index in [0.717, 1.165) is 12.8 Å². The summed E-state index contributed by atoms with van der Waals surface area (Å²) in [6.07, 6.45) is 1.15. The van der Waals surface area contributed by atoms with Crippen LogP contribution in [0.4, 0.5) is 10.5 Å². The molecule has 1 rings (SSSR count). The molecule has 0 aromatic heterocycles. The molecular formula is C16H27N3O3S. The maximum Gasteiger partial charge on any atom is 0.319 e. The van der Waals surface area contributed by atoms with E-state index in [1.54, 1.807) is 12.1 Å². The number of rotatable bonds is 7. The fourth-order valence-corrected chi connectivity index (χ4v) is 3.00. The Hall–Kier alpha value is -1.60. The Morgan fingerprint density at radius 1 is 1.09 bits per heavy atom. The first-order chi connectivity index (χ1) is 10.6. The van der Waals surface area contributed by atoms with Crippen LogP contribution in [0.1, 0.15) is 27.7 Å². The number of amides is 2. The van der Waals surface area contributed by atoms with Gasteiger partial charge in [0, 0.05) is 37.1 Å². The molecule has 0 fully saturated rings. The minimum atomic E-state index is -3.22. The van der Waals surface area contributed by atoms with Crippen LogP contribution in [0.2, 0.25) is 0 Å². The number of nitrogens with zero attached hydrogens (tertiary/aromatic N) is 1. The number of nitrogens with one attached hydrogen (secondary N) is 2. The van der Waals surface area contributed by atoms with E-state index in [0.29, 0.717) is 24.3 Å². The lowest BCUT2D eigenvalue weighted by molar-refractivity contribution is 0.176. The molecule has 130 valence electrons. The smallest absolute Gasteiger partial charge is 0.319 e. The second kappa shape index (κ2) is 8.31. The maximum absolute atomic E-state index is 11.9. The van der Waals surface area contributed by atoms with Crippen molar-refractivity contribution in [3.05, 3.63) is 24.3 Å². The molecule has 0 saturated heterocycles. The zero-order valence-corrected chi connectivity index (χ0v) is 15.3. The van der Waals surface area contributed by atoms with Crippen LogP contribution >= 0.6 is 0 Å².